The Bertz CT molecular complexity index is 539. The van der Waals surface area contributed by atoms with Crippen molar-refractivity contribution in [3.63, 3.8) is 0 Å². The molecule has 108 valence electrons. The summed E-state index contributed by atoms with van der Waals surface area (Å²) in [7, 11) is -1.58. The van der Waals surface area contributed by atoms with Gasteiger partial charge in [-0.25, -0.2) is 9.18 Å². The maximum atomic E-state index is 13.0. The number of imide groups is 1. The molecule has 0 bridgehead atoms. The predicted octanol–water partition coefficient (Wildman–Crippen LogP) is 2.86. The summed E-state index contributed by atoms with van der Waals surface area (Å²) in [5.74, 6) is -0.542. The standard InChI is InChI=1S/C14H19FN2O2Si/c1-10-13(18)16(9-20(2,3)4)14(19)17(10)12-7-5-11(15)6-8-12/h5-8,10H,9H2,1-4H3. The fourth-order valence-electron chi connectivity index (χ4n) is 2.28. The lowest BCUT2D eigenvalue weighted by molar-refractivity contribution is -0.126. The molecule has 20 heavy (non-hydrogen) atoms. The molecule has 0 saturated carbocycles. The number of urea groups is 1. The van der Waals surface area contributed by atoms with Gasteiger partial charge in [0.1, 0.15) is 11.9 Å². The fraction of sp³-hybridized carbons (Fsp3) is 0.429. The summed E-state index contributed by atoms with van der Waals surface area (Å²) in [6, 6.07) is 4.78. The van der Waals surface area contributed by atoms with Crippen LogP contribution in [0.3, 0.4) is 0 Å². The highest BCUT2D eigenvalue weighted by Gasteiger charge is 2.44. The van der Waals surface area contributed by atoms with Crippen LogP contribution >= 0.6 is 0 Å². The number of carbonyl (C=O) groups excluding carboxylic acids is 2. The molecule has 1 atom stereocenters. The topological polar surface area (TPSA) is 40.6 Å². The number of carbonyl (C=O) groups is 2. The van der Waals surface area contributed by atoms with E-state index < -0.39 is 14.1 Å². The van der Waals surface area contributed by atoms with Crippen LogP contribution in [0.25, 0.3) is 0 Å². The smallest absolute Gasteiger partial charge is 0.282 e. The van der Waals surface area contributed by atoms with Gasteiger partial charge in [0.15, 0.2) is 0 Å². The Morgan fingerprint density at radius 2 is 1.70 bits per heavy atom. The molecule has 1 aliphatic rings. The summed E-state index contributed by atoms with van der Waals surface area (Å²) in [6.45, 7) is 8.03. The Morgan fingerprint density at radius 1 is 1.15 bits per heavy atom. The summed E-state index contributed by atoms with van der Waals surface area (Å²) in [6.07, 6.45) is 0.507. The van der Waals surface area contributed by atoms with E-state index in [0.717, 1.165) is 0 Å². The predicted molar refractivity (Wildman–Crippen MR) is 78.8 cm³/mol. The molecule has 0 radical (unpaired) electrons. The van der Waals surface area contributed by atoms with Crippen LogP contribution in [0.2, 0.25) is 19.6 Å². The van der Waals surface area contributed by atoms with Gasteiger partial charge in [0.05, 0.1) is 8.07 Å². The van der Waals surface area contributed by atoms with E-state index in [1.165, 1.54) is 34.1 Å². The van der Waals surface area contributed by atoms with Gasteiger partial charge < -0.3 is 0 Å². The number of anilines is 1. The van der Waals surface area contributed by atoms with Gasteiger partial charge in [-0.05, 0) is 31.2 Å². The summed E-state index contributed by atoms with van der Waals surface area (Å²) in [5, 5.41) is 0. The van der Waals surface area contributed by atoms with E-state index >= 15 is 0 Å². The average Bonchev–Trinajstić information content (AvgIpc) is 2.54. The minimum Gasteiger partial charge on any atom is -0.282 e. The second-order valence-corrected chi connectivity index (χ2v) is 11.7. The molecule has 1 saturated heterocycles. The van der Waals surface area contributed by atoms with Gasteiger partial charge in [0, 0.05) is 11.9 Å². The van der Waals surface area contributed by atoms with E-state index in [2.05, 4.69) is 19.6 Å². The number of benzene rings is 1. The second-order valence-electron chi connectivity index (χ2n) is 6.29. The molecule has 1 aromatic rings. The van der Waals surface area contributed by atoms with E-state index in [-0.39, 0.29) is 17.8 Å². The lowest BCUT2D eigenvalue weighted by atomic mass is 10.2. The monoisotopic (exact) mass is 294 g/mol. The van der Waals surface area contributed by atoms with Gasteiger partial charge >= 0.3 is 6.03 Å². The minimum absolute atomic E-state index is 0.179. The molecule has 0 aromatic heterocycles. The van der Waals surface area contributed by atoms with Crippen molar-refractivity contribution in [2.24, 2.45) is 0 Å². The van der Waals surface area contributed by atoms with E-state index in [0.29, 0.717) is 11.9 Å². The molecule has 1 aliphatic heterocycles. The molecule has 2 rings (SSSR count). The maximum Gasteiger partial charge on any atom is 0.331 e. The van der Waals surface area contributed by atoms with Crippen molar-refractivity contribution in [2.45, 2.75) is 32.6 Å². The highest BCUT2D eigenvalue weighted by atomic mass is 28.3. The molecule has 3 amide bonds. The minimum atomic E-state index is -1.58. The molecular formula is C14H19FN2O2Si. The summed E-state index contributed by atoms with van der Waals surface area (Å²) in [5.41, 5.74) is 0.551. The van der Waals surface area contributed by atoms with Gasteiger partial charge in [-0.2, -0.15) is 0 Å². The number of amides is 3. The SMILES string of the molecule is CC1C(=O)N(C[Si](C)(C)C)C(=O)N1c1ccc(F)cc1. The molecule has 1 aromatic carbocycles. The molecule has 4 nitrogen and oxygen atoms in total. The largest absolute Gasteiger partial charge is 0.331 e. The molecule has 1 fully saturated rings. The molecule has 0 N–H and O–H groups in total. The van der Waals surface area contributed by atoms with Crippen molar-refractivity contribution < 1.29 is 14.0 Å². The van der Waals surface area contributed by atoms with Crippen LogP contribution in [0.1, 0.15) is 6.92 Å². The highest BCUT2D eigenvalue weighted by Crippen LogP contribution is 2.26. The number of hydrogen-bond acceptors (Lipinski definition) is 2. The van der Waals surface area contributed by atoms with E-state index in [1.54, 1.807) is 6.92 Å². The van der Waals surface area contributed by atoms with E-state index in [4.69, 9.17) is 0 Å². The summed E-state index contributed by atoms with van der Waals surface area (Å²) >= 11 is 0. The van der Waals surface area contributed by atoms with Gasteiger partial charge in [0.25, 0.3) is 5.91 Å². The van der Waals surface area contributed by atoms with Crippen molar-refractivity contribution >= 4 is 25.7 Å². The van der Waals surface area contributed by atoms with Crippen molar-refractivity contribution in [1.29, 1.82) is 0 Å². The van der Waals surface area contributed by atoms with Crippen molar-refractivity contribution in [2.75, 3.05) is 11.1 Å². The van der Waals surface area contributed by atoms with Crippen molar-refractivity contribution in [3.05, 3.63) is 30.1 Å². The Balaban J connectivity index is 2.30. The Hall–Kier alpha value is -1.69. The average molecular weight is 294 g/mol. The lowest BCUT2D eigenvalue weighted by Crippen LogP contribution is -2.44. The van der Waals surface area contributed by atoms with Crippen LogP contribution < -0.4 is 4.90 Å². The van der Waals surface area contributed by atoms with Crippen molar-refractivity contribution in [1.82, 2.24) is 4.90 Å². The molecule has 1 heterocycles. The normalized spacial score (nSPS) is 19.9. The zero-order valence-electron chi connectivity index (χ0n) is 12.2. The first-order chi connectivity index (χ1) is 9.20. The highest BCUT2D eigenvalue weighted by molar-refractivity contribution is 6.76. The number of nitrogens with zero attached hydrogens (tertiary/aromatic N) is 2. The number of rotatable bonds is 3. The maximum absolute atomic E-state index is 13.0. The summed E-state index contributed by atoms with van der Waals surface area (Å²) in [4.78, 5) is 27.5. The van der Waals surface area contributed by atoms with Crippen LogP contribution in [-0.2, 0) is 4.79 Å². The van der Waals surface area contributed by atoms with Crippen LogP contribution in [-0.4, -0.2) is 37.1 Å². The summed E-state index contributed by atoms with van der Waals surface area (Å²) < 4.78 is 13.0. The first kappa shape index (κ1) is 14.7. The fourth-order valence-corrected chi connectivity index (χ4v) is 3.52. The molecule has 6 heteroatoms. The number of hydrogen-bond donors (Lipinski definition) is 0. The molecular weight excluding hydrogens is 275 g/mol. The lowest BCUT2D eigenvalue weighted by Gasteiger charge is -2.23. The van der Waals surface area contributed by atoms with Crippen LogP contribution in [0.15, 0.2) is 24.3 Å². The first-order valence-corrected chi connectivity index (χ1v) is 10.3. The van der Waals surface area contributed by atoms with Crippen molar-refractivity contribution in [3.8, 4) is 0 Å². The van der Waals surface area contributed by atoms with Crippen LogP contribution in [0.5, 0.6) is 0 Å². The molecule has 0 aliphatic carbocycles. The van der Waals surface area contributed by atoms with Gasteiger partial charge in [-0.1, -0.05) is 19.6 Å². The number of halogens is 1. The second kappa shape index (κ2) is 5.01. The van der Waals surface area contributed by atoms with Gasteiger partial charge in [0.2, 0.25) is 0 Å². The molecule has 0 spiro atoms. The third kappa shape index (κ3) is 2.75. The quantitative estimate of drug-likeness (QED) is 0.635. The van der Waals surface area contributed by atoms with Gasteiger partial charge in [-0.15, -0.1) is 0 Å². The Kier molecular flexibility index (Phi) is 3.69. The van der Waals surface area contributed by atoms with E-state index in [1.807, 2.05) is 0 Å². The Labute approximate surface area is 119 Å². The van der Waals surface area contributed by atoms with Crippen LogP contribution in [0.4, 0.5) is 14.9 Å². The Morgan fingerprint density at radius 3 is 2.20 bits per heavy atom. The molecule has 1 unspecified atom stereocenters. The third-order valence-corrected chi connectivity index (χ3v) is 4.45. The zero-order chi connectivity index (χ0) is 15.1. The third-order valence-electron chi connectivity index (χ3n) is 3.18. The first-order valence-electron chi connectivity index (χ1n) is 6.61. The van der Waals surface area contributed by atoms with Gasteiger partial charge in [-0.3, -0.25) is 14.6 Å². The van der Waals surface area contributed by atoms with Crippen LogP contribution in [0, 0.1) is 5.82 Å². The zero-order valence-corrected chi connectivity index (χ0v) is 13.2. The van der Waals surface area contributed by atoms with E-state index in [9.17, 15) is 14.0 Å².